The Balaban J connectivity index is 2.27. The standard InChI is InChI=1S/C13H15N3O2S2/c1-4-5-16-12(10-6-9(2)19-7-10)14-15-13(16)20-8-11(17)18-3/h4,6-7H,1,5,8H2,2-3H3. The number of hydrogen-bond donors (Lipinski definition) is 0. The summed E-state index contributed by atoms with van der Waals surface area (Å²) in [5, 5.41) is 11.1. The second-order valence-corrected chi connectivity index (χ2v) is 6.07. The van der Waals surface area contributed by atoms with Crippen LogP contribution < -0.4 is 0 Å². The van der Waals surface area contributed by atoms with Gasteiger partial charge in [-0.1, -0.05) is 17.8 Å². The molecule has 0 aliphatic heterocycles. The van der Waals surface area contributed by atoms with Crippen molar-refractivity contribution in [3.8, 4) is 11.4 Å². The fourth-order valence-electron chi connectivity index (χ4n) is 1.65. The van der Waals surface area contributed by atoms with E-state index in [-0.39, 0.29) is 11.7 Å². The second kappa shape index (κ2) is 6.71. The number of rotatable bonds is 6. The number of aryl methyl sites for hydroxylation is 1. The van der Waals surface area contributed by atoms with Crippen LogP contribution in [0.1, 0.15) is 4.88 Å². The molecule has 2 rings (SSSR count). The number of thioether (sulfide) groups is 1. The van der Waals surface area contributed by atoms with Crippen LogP contribution in [0.5, 0.6) is 0 Å². The Morgan fingerprint density at radius 1 is 1.60 bits per heavy atom. The first kappa shape index (κ1) is 14.8. The van der Waals surface area contributed by atoms with Crippen molar-refractivity contribution in [1.82, 2.24) is 14.8 Å². The summed E-state index contributed by atoms with van der Waals surface area (Å²) in [6, 6.07) is 2.07. The fourth-order valence-corrected chi connectivity index (χ4v) is 3.11. The van der Waals surface area contributed by atoms with Crippen LogP contribution in [-0.4, -0.2) is 33.6 Å². The van der Waals surface area contributed by atoms with Gasteiger partial charge in [-0.2, -0.15) is 0 Å². The molecule has 0 aliphatic carbocycles. The van der Waals surface area contributed by atoms with E-state index < -0.39 is 0 Å². The number of esters is 1. The predicted octanol–water partition coefficient (Wildman–Crippen LogP) is 2.77. The molecule has 0 spiro atoms. The molecule has 0 aliphatic rings. The highest BCUT2D eigenvalue weighted by Crippen LogP contribution is 2.27. The minimum Gasteiger partial charge on any atom is -0.468 e. The van der Waals surface area contributed by atoms with Gasteiger partial charge in [0.2, 0.25) is 0 Å². The summed E-state index contributed by atoms with van der Waals surface area (Å²) in [7, 11) is 1.37. The summed E-state index contributed by atoms with van der Waals surface area (Å²) in [6.07, 6.45) is 1.79. The maximum atomic E-state index is 11.2. The van der Waals surface area contributed by atoms with E-state index in [1.807, 2.05) is 9.95 Å². The Bertz CT molecular complexity index is 619. The number of methoxy groups -OCH3 is 1. The smallest absolute Gasteiger partial charge is 0.316 e. The number of hydrogen-bond acceptors (Lipinski definition) is 6. The van der Waals surface area contributed by atoms with Crippen LogP contribution in [-0.2, 0) is 16.1 Å². The molecule has 0 aromatic carbocycles. The zero-order valence-corrected chi connectivity index (χ0v) is 13.0. The molecule has 7 heteroatoms. The van der Waals surface area contributed by atoms with E-state index in [0.717, 1.165) is 11.4 Å². The van der Waals surface area contributed by atoms with Crippen LogP contribution in [0, 0.1) is 6.92 Å². The number of allylic oxidation sites excluding steroid dienone is 1. The van der Waals surface area contributed by atoms with E-state index >= 15 is 0 Å². The van der Waals surface area contributed by atoms with E-state index in [4.69, 9.17) is 0 Å². The first-order chi connectivity index (χ1) is 9.65. The summed E-state index contributed by atoms with van der Waals surface area (Å²) < 4.78 is 6.58. The van der Waals surface area contributed by atoms with E-state index in [9.17, 15) is 4.79 Å². The lowest BCUT2D eigenvalue weighted by atomic mass is 10.3. The van der Waals surface area contributed by atoms with Gasteiger partial charge < -0.3 is 4.74 Å². The molecule has 0 saturated carbocycles. The highest BCUT2D eigenvalue weighted by atomic mass is 32.2. The predicted molar refractivity (Wildman–Crippen MR) is 81.0 cm³/mol. The molecule has 2 heterocycles. The first-order valence-corrected chi connectivity index (χ1v) is 7.81. The number of aromatic nitrogens is 3. The van der Waals surface area contributed by atoms with Crippen molar-refractivity contribution in [3.63, 3.8) is 0 Å². The molecule has 0 amide bonds. The Morgan fingerprint density at radius 2 is 2.40 bits per heavy atom. The number of carbonyl (C=O) groups excluding carboxylic acids is 1. The molecule has 2 aromatic rings. The average molecular weight is 309 g/mol. The summed E-state index contributed by atoms with van der Waals surface area (Å²) in [5.41, 5.74) is 1.03. The van der Waals surface area contributed by atoms with Crippen molar-refractivity contribution in [2.75, 3.05) is 12.9 Å². The molecule has 0 bridgehead atoms. The first-order valence-electron chi connectivity index (χ1n) is 5.95. The Labute approximate surface area is 125 Å². The number of thiophene rings is 1. The zero-order chi connectivity index (χ0) is 14.5. The van der Waals surface area contributed by atoms with Crippen molar-refractivity contribution in [1.29, 1.82) is 0 Å². The van der Waals surface area contributed by atoms with Crippen LogP contribution in [0.3, 0.4) is 0 Å². The number of carbonyl (C=O) groups is 1. The summed E-state index contributed by atoms with van der Waals surface area (Å²) in [4.78, 5) is 12.4. The Kier molecular flexibility index (Phi) is 4.97. The largest absolute Gasteiger partial charge is 0.468 e. The quantitative estimate of drug-likeness (QED) is 0.466. The third kappa shape index (κ3) is 3.29. The minimum absolute atomic E-state index is 0.217. The molecular formula is C13H15N3O2S2. The van der Waals surface area contributed by atoms with Gasteiger partial charge in [0.25, 0.3) is 0 Å². The van der Waals surface area contributed by atoms with E-state index in [2.05, 4.69) is 34.5 Å². The molecule has 5 nitrogen and oxygen atoms in total. The molecule has 0 unspecified atom stereocenters. The van der Waals surface area contributed by atoms with Crippen LogP contribution >= 0.6 is 23.1 Å². The third-order valence-corrected chi connectivity index (χ3v) is 4.37. The lowest BCUT2D eigenvalue weighted by molar-refractivity contribution is -0.137. The Hall–Kier alpha value is -1.60. The maximum Gasteiger partial charge on any atom is 0.316 e. The van der Waals surface area contributed by atoms with Gasteiger partial charge in [-0.3, -0.25) is 9.36 Å². The van der Waals surface area contributed by atoms with Crippen LogP contribution in [0.15, 0.2) is 29.3 Å². The average Bonchev–Trinajstić information content (AvgIpc) is 3.03. The summed E-state index contributed by atoms with van der Waals surface area (Å²) >= 11 is 2.98. The van der Waals surface area contributed by atoms with Crippen molar-refractivity contribution < 1.29 is 9.53 Å². The van der Waals surface area contributed by atoms with Gasteiger partial charge >= 0.3 is 5.97 Å². The molecule has 0 N–H and O–H groups in total. The maximum absolute atomic E-state index is 11.2. The van der Waals surface area contributed by atoms with Gasteiger partial charge in [-0.25, -0.2) is 0 Å². The molecule has 0 fully saturated rings. The summed E-state index contributed by atoms with van der Waals surface area (Å²) in [6.45, 7) is 6.40. The summed E-state index contributed by atoms with van der Waals surface area (Å²) in [5.74, 6) is 0.728. The second-order valence-electron chi connectivity index (χ2n) is 4.02. The molecule has 20 heavy (non-hydrogen) atoms. The van der Waals surface area contributed by atoms with E-state index in [1.165, 1.54) is 23.7 Å². The van der Waals surface area contributed by atoms with Gasteiger partial charge in [0.05, 0.1) is 12.9 Å². The number of ether oxygens (including phenoxy) is 1. The van der Waals surface area contributed by atoms with Crippen LogP contribution in [0.2, 0.25) is 0 Å². The zero-order valence-electron chi connectivity index (χ0n) is 11.3. The molecule has 0 radical (unpaired) electrons. The normalized spacial score (nSPS) is 10.5. The van der Waals surface area contributed by atoms with Crippen molar-refractivity contribution in [2.45, 2.75) is 18.6 Å². The van der Waals surface area contributed by atoms with Gasteiger partial charge in [0.1, 0.15) is 0 Å². The molecule has 2 aromatic heterocycles. The topological polar surface area (TPSA) is 57.0 Å². The van der Waals surface area contributed by atoms with Gasteiger partial charge in [0, 0.05) is 22.4 Å². The van der Waals surface area contributed by atoms with Gasteiger partial charge in [0.15, 0.2) is 11.0 Å². The van der Waals surface area contributed by atoms with Crippen LogP contribution in [0.4, 0.5) is 0 Å². The highest BCUT2D eigenvalue weighted by molar-refractivity contribution is 7.99. The SMILES string of the molecule is C=CCn1c(SCC(=O)OC)nnc1-c1csc(C)c1. The molecule has 106 valence electrons. The molecule has 0 saturated heterocycles. The molecule has 0 atom stereocenters. The van der Waals surface area contributed by atoms with Crippen LogP contribution in [0.25, 0.3) is 11.4 Å². The third-order valence-electron chi connectivity index (χ3n) is 2.56. The van der Waals surface area contributed by atoms with E-state index in [0.29, 0.717) is 11.7 Å². The fraction of sp³-hybridized carbons (Fsp3) is 0.308. The van der Waals surface area contributed by atoms with E-state index in [1.54, 1.807) is 17.4 Å². The number of nitrogens with zero attached hydrogens (tertiary/aromatic N) is 3. The van der Waals surface area contributed by atoms with Crippen molar-refractivity contribution in [3.05, 3.63) is 29.0 Å². The molecular weight excluding hydrogens is 294 g/mol. The minimum atomic E-state index is -0.281. The lowest BCUT2D eigenvalue weighted by Gasteiger charge is -2.06. The van der Waals surface area contributed by atoms with Gasteiger partial charge in [-0.05, 0) is 13.0 Å². The monoisotopic (exact) mass is 309 g/mol. The Morgan fingerprint density at radius 3 is 3.00 bits per heavy atom. The van der Waals surface area contributed by atoms with Gasteiger partial charge in [-0.15, -0.1) is 28.1 Å². The highest BCUT2D eigenvalue weighted by Gasteiger charge is 2.15. The van der Waals surface area contributed by atoms with Crippen molar-refractivity contribution in [2.24, 2.45) is 0 Å². The lowest BCUT2D eigenvalue weighted by Crippen LogP contribution is -2.06. The van der Waals surface area contributed by atoms with Crippen molar-refractivity contribution >= 4 is 29.1 Å².